The lowest BCUT2D eigenvalue weighted by atomic mass is 10.1. The minimum Gasteiger partial charge on any atom is -0.443 e. The van der Waals surface area contributed by atoms with Crippen LogP contribution in [0.15, 0.2) is 30.5 Å². The van der Waals surface area contributed by atoms with E-state index in [4.69, 9.17) is 10.5 Å². The van der Waals surface area contributed by atoms with E-state index in [-0.39, 0.29) is 6.09 Å². The Balaban J connectivity index is 2.30. The van der Waals surface area contributed by atoms with Crippen LogP contribution < -0.4 is 5.73 Å². The fraction of sp³-hybridized carbons (Fsp3) is 0.353. The highest BCUT2D eigenvalue weighted by Gasteiger charge is 2.18. The van der Waals surface area contributed by atoms with Crippen LogP contribution in [0.1, 0.15) is 32.8 Å². The summed E-state index contributed by atoms with van der Waals surface area (Å²) in [7, 11) is 0. The lowest BCUT2D eigenvalue weighted by molar-refractivity contribution is 0.0544. The SMILES string of the molecule is CC(C)(C)OC(=O)n1ccc2cc(C#CCCN)ccc21. The van der Waals surface area contributed by atoms with Crippen molar-refractivity contribution in [1.82, 2.24) is 4.57 Å². The first-order valence-corrected chi connectivity index (χ1v) is 6.94. The number of hydrogen-bond donors (Lipinski definition) is 1. The molecule has 0 bridgehead atoms. The van der Waals surface area contributed by atoms with Gasteiger partial charge in [0.25, 0.3) is 0 Å². The molecule has 4 nitrogen and oxygen atoms in total. The van der Waals surface area contributed by atoms with Crippen LogP contribution in [0.4, 0.5) is 4.79 Å². The molecule has 2 aromatic rings. The van der Waals surface area contributed by atoms with Crippen LogP contribution in [0.5, 0.6) is 0 Å². The van der Waals surface area contributed by atoms with Crippen molar-refractivity contribution in [2.45, 2.75) is 32.8 Å². The molecule has 0 fully saturated rings. The Labute approximate surface area is 124 Å². The van der Waals surface area contributed by atoms with Crippen molar-refractivity contribution in [2.24, 2.45) is 5.73 Å². The third-order valence-electron chi connectivity index (χ3n) is 2.78. The molecule has 1 heterocycles. The molecule has 2 N–H and O–H groups in total. The molecule has 0 amide bonds. The molecule has 4 heteroatoms. The summed E-state index contributed by atoms with van der Waals surface area (Å²) < 4.78 is 6.89. The summed E-state index contributed by atoms with van der Waals surface area (Å²) in [5.74, 6) is 6.06. The van der Waals surface area contributed by atoms with Crippen LogP contribution in [0.3, 0.4) is 0 Å². The zero-order chi connectivity index (χ0) is 15.5. The molecule has 0 aliphatic rings. The summed E-state index contributed by atoms with van der Waals surface area (Å²) >= 11 is 0. The lowest BCUT2D eigenvalue weighted by Gasteiger charge is -2.19. The molecule has 0 atom stereocenters. The van der Waals surface area contributed by atoms with Crippen LogP contribution >= 0.6 is 0 Å². The van der Waals surface area contributed by atoms with Crippen LogP contribution in [0.25, 0.3) is 10.9 Å². The van der Waals surface area contributed by atoms with Gasteiger partial charge in [-0.2, -0.15) is 0 Å². The summed E-state index contributed by atoms with van der Waals surface area (Å²) in [5, 5.41) is 0.959. The summed E-state index contributed by atoms with van der Waals surface area (Å²) in [6, 6.07) is 7.62. The Morgan fingerprint density at radius 1 is 1.33 bits per heavy atom. The normalized spacial score (nSPS) is 11.0. The van der Waals surface area contributed by atoms with E-state index in [1.807, 2.05) is 45.0 Å². The third kappa shape index (κ3) is 3.87. The maximum absolute atomic E-state index is 12.1. The smallest absolute Gasteiger partial charge is 0.418 e. The van der Waals surface area contributed by atoms with Crippen LogP contribution in [0, 0.1) is 11.8 Å². The van der Waals surface area contributed by atoms with Crippen LogP contribution in [-0.4, -0.2) is 22.8 Å². The van der Waals surface area contributed by atoms with E-state index in [1.165, 1.54) is 4.57 Å². The van der Waals surface area contributed by atoms with Gasteiger partial charge in [-0.3, -0.25) is 4.57 Å². The van der Waals surface area contributed by atoms with Gasteiger partial charge in [0, 0.05) is 30.1 Å². The van der Waals surface area contributed by atoms with Gasteiger partial charge >= 0.3 is 6.09 Å². The molecular weight excluding hydrogens is 264 g/mol. The second-order valence-electron chi connectivity index (χ2n) is 5.78. The van der Waals surface area contributed by atoms with Crippen LogP contribution in [0.2, 0.25) is 0 Å². The van der Waals surface area contributed by atoms with Gasteiger partial charge in [0.1, 0.15) is 5.60 Å². The largest absolute Gasteiger partial charge is 0.443 e. The minimum absolute atomic E-state index is 0.375. The van der Waals surface area contributed by atoms with E-state index in [0.29, 0.717) is 13.0 Å². The molecule has 2 rings (SSSR count). The van der Waals surface area contributed by atoms with Gasteiger partial charge in [-0.05, 0) is 45.0 Å². The van der Waals surface area contributed by atoms with E-state index < -0.39 is 5.60 Å². The number of carbonyl (C=O) groups excluding carboxylic acids is 1. The molecule has 0 aliphatic heterocycles. The standard InChI is InChI=1S/C17H20N2O2/c1-17(2,3)21-16(20)19-11-9-14-12-13(6-4-5-10-18)7-8-15(14)19/h7-9,11-12H,5,10,18H2,1-3H3. The van der Waals surface area contributed by atoms with Gasteiger partial charge in [0.15, 0.2) is 0 Å². The maximum Gasteiger partial charge on any atom is 0.418 e. The molecule has 0 unspecified atom stereocenters. The Morgan fingerprint density at radius 3 is 2.76 bits per heavy atom. The molecule has 1 aromatic carbocycles. The van der Waals surface area contributed by atoms with Crippen LogP contribution in [-0.2, 0) is 4.74 Å². The Morgan fingerprint density at radius 2 is 2.10 bits per heavy atom. The molecule has 0 saturated carbocycles. The Bertz CT molecular complexity index is 712. The van der Waals surface area contributed by atoms with Crippen molar-refractivity contribution < 1.29 is 9.53 Å². The van der Waals surface area contributed by atoms with E-state index in [1.54, 1.807) is 6.20 Å². The highest BCUT2D eigenvalue weighted by molar-refractivity contribution is 5.90. The number of nitrogens with two attached hydrogens (primary N) is 1. The second kappa shape index (κ2) is 6.02. The summed E-state index contributed by atoms with van der Waals surface area (Å²) in [4.78, 5) is 12.1. The molecule has 0 aliphatic carbocycles. The first-order valence-electron chi connectivity index (χ1n) is 6.94. The summed E-state index contributed by atoms with van der Waals surface area (Å²) in [6.45, 7) is 6.11. The second-order valence-corrected chi connectivity index (χ2v) is 5.78. The lowest BCUT2D eigenvalue weighted by Crippen LogP contribution is -2.26. The number of fused-ring (bicyclic) bond motifs is 1. The van der Waals surface area contributed by atoms with Crippen molar-refractivity contribution in [3.05, 3.63) is 36.0 Å². The number of rotatable bonds is 1. The highest BCUT2D eigenvalue weighted by Crippen LogP contribution is 2.19. The fourth-order valence-electron chi connectivity index (χ4n) is 1.93. The topological polar surface area (TPSA) is 57.2 Å². The fourth-order valence-corrected chi connectivity index (χ4v) is 1.93. The van der Waals surface area contributed by atoms with Crippen molar-refractivity contribution in [3.63, 3.8) is 0 Å². The first kappa shape index (κ1) is 15.1. The molecule has 0 radical (unpaired) electrons. The van der Waals surface area contributed by atoms with E-state index in [2.05, 4.69) is 11.8 Å². The molecule has 110 valence electrons. The van der Waals surface area contributed by atoms with E-state index in [9.17, 15) is 4.79 Å². The van der Waals surface area contributed by atoms with Gasteiger partial charge < -0.3 is 10.5 Å². The van der Waals surface area contributed by atoms with Gasteiger partial charge in [-0.15, -0.1) is 0 Å². The van der Waals surface area contributed by atoms with Gasteiger partial charge in [-0.25, -0.2) is 4.79 Å². The summed E-state index contributed by atoms with van der Waals surface area (Å²) in [6.07, 6.45) is 2.02. The monoisotopic (exact) mass is 284 g/mol. The predicted molar refractivity (Wildman–Crippen MR) is 84.1 cm³/mol. The van der Waals surface area contributed by atoms with E-state index >= 15 is 0 Å². The number of aromatic nitrogens is 1. The zero-order valence-corrected chi connectivity index (χ0v) is 12.6. The quantitative estimate of drug-likeness (QED) is 0.818. The predicted octanol–water partition coefficient (Wildman–Crippen LogP) is 3.12. The molecule has 0 spiro atoms. The van der Waals surface area contributed by atoms with Gasteiger partial charge in [-0.1, -0.05) is 11.8 Å². The average Bonchev–Trinajstić information content (AvgIpc) is 2.80. The molecule has 0 saturated heterocycles. The van der Waals surface area contributed by atoms with Crippen molar-refractivity contribution in [3.8, 4) is 11.8 Å². The zero-order valence-electron chi connectivity index (χ0n) is 12.6. The van der Waals surface area contributed by atoms with E-state index in [0.717, 1.165) is 16.5 Å². The van der Waals surface area contributed by atoms with Gasteiger partial charge in [0.05, 0.1) is 5.52 Å². The number of ether oxygens (including phenoxy) is 1. The number of nitrogens with zero attached hydrogens (tertiary/aromatic N) is 1. The van der Waals surface area contributed by atoms with Crippen molar-refractivity contribution in [2.75, 3.05) is 6.54 Å². The van der Waals surface area contributed by atoms with Gasteiger partial charge in [0.2, 0.25) is 0 Å². The van der Waals surface area contributed by atoms with Crippen molar-refractivity contribution in [1.29, 1.82) is 0 Å². The maximum atomic E-state index is 12.1. The number of hydrogen-bond acceptors (Lipinski definition) is 3. The molecule has 21 heavy (non-hydrogen) atoms. The Kier molecular flexibility index (Phi) is 4.35. The summed E-state index contributed by atoms with van der Waals surface area (Å²) in [5.41, 5.74) is 6.63. The van der Waals surface area contributed by atoms with Crippen molar-refractivity contribution >= 4 is 17.0 Å². The molecule has 1 aromatic heterocycles. The number of benzene rings is 1. The highest BCUT2D eigenvalue weighted by atomic mass is 16.6. The first-order chi connectivity index (χ1) is 9.90. The number of carbonyl (C=O) groups is 1. The Hall–Kier alpha value is -2.25. The third-order valence-corrected chi connectivity index (χ3v) is 2.78. The average molecular weight is 284 g/mol. The molecular formula is C17H20N2O2. The minimum atomic E-state index is -0.513.